The van der Waals surface area contributed by atoms with E-state index in [9.17, 15) is 13.2 Å². The Morgan fingerprint density at radius 1 is 1.43 bits per heavy atom. The Labute approximate surface area is 136 Å². The lowest BCUT2D eigenvalue weighted by molar-refractivity contribution is -0.137. The van der Waals surface area contributed by atoms with Crippen molar-refractivity contribution in [2.75, 3.05) is 13.1 Å². The number of hydrogen-bond donors (Lipinski definition) is 2. The van der Waals surface area contributed by atoms with Crippen molar-refractivity contribution in [1.82, 2.24) is 14.0 Å². The van der Waals surface area contributed by atoms with Crippen molar-refractivity contribution < 1.29 is 18.3 Å². The fraction of sp³-hybridized carbons (Fsp3) is 0.600. The maximum Gasteiger partial charge on any atom is 0.305 e. The van der Waals surface area contributed by atoms with Crippen molar-refractivity contribution >= 4 is 16.2 Å². The monoisotopic (exact) mass is 341 g/mol. The summed E-state index contributed by atoms with van der Waals surface area (Å²) in [6, 6.07) is 4.16. The number of pyridine rings is 1. The molecule has 23 heavy (non-hydrogen) atoms. The molecule has 2 N–H and O–H groups in total. The lowest BCUT2D eigenvalue weighted by atomic mass is 9.96. The summed E-state index contributed by atoms with van der Waals surface area (Å²) in [6.07, 6.45) is 3.90. The van der Waals surface area contributed by atoms with Crippen LogP contribution in [0.5, 0.6) is 0 Å². The van der Waals surface area contributed by atoms with Crippen LogP contribution < -0.4 is 4.72 Å². The second-order valence-electron chi connectivity index (χ2n) is 5.78. The first-order valence-electron chi connectivity index (χ1n) is 7.82. The van der Waals surface area contributed by atoms with E-state index in [1.165, 1.54) is 10.5 Å². The zero-order valence-electron chi connectivity index (χ0n) is 13.2. The van der Waals surface area contributed by atoms with Gasteiger partial charge >= 0.3 is 5.97 Å². The third-order valence-electron chi connectivity index (χ3n) is 4.21. The van der Waals surface area contributed by atoms with Gasteiger partial charge in [-0.1, -0.05) is 19.4 Å². The molecule has 1 aliphatic heterocycles. The van der Waals surface area contributed by atoms with Gasteiger partial charge in [-0.3, -0.25) is 9.78 Å². The average Bonchev–Trinajstić information content (AvgIpc) is 2.54. The van der Waals surface area contributed by atoms with E-state index in [2.05, 4.69) is 16.6 Å². The van der Waals surface area contributed by atoms with E-state index in [0.717, 1.165) is 19.3 Å². The van der Waals surface area contributed by atoms with Gasteiger partial charge in [0.25, 0.3) is 10.2 Å². The van der Waals surface area contributed by atoms with Crippen LogP contribution in [0.1, 0.15) is 44.3 Å². The Morgan fingerprint density at radius 3 is 2.65 bits per heavy atom. The summed E-state index contributed by atoms with van der Waals surface area (Å²) in [5, 5.41) is 9.04. The van der Waals surface area contributed by atoms with Gasteiger partial charge in [-0.15, -0.1) is 0 Å². The molecule has 0 aliphatic carbocycles. The number of aromatic nitrogens is 1. The van der Waals surface area contributed by atoms with E-state index in [4.69, 9.17) is 5.11 Å². The van der Waals surface area contributed by atoms with Gasteiger partial charge in [0.1, 0.15) is 0 Å². The maximum atomic E-state index is 12.5. The summed E-state index contributed by atoms with van der Waals surface area (Å²) < 4.78 is 29.0. The first-order valence-corrected chi connectivity index (χ1v) is 9.26. The van der Waals surface area contributed by atoms with Crippen LogP contribution in [0.2, 0.25) is 0 Å². The van der Waals surface area contributed by atoms with E-state index in [1.54, 1.807) is 18.2 Å². The van der Waals surface area contributed by atoms with Crippen molar-refractivity contribution in [3.05, 3.63) is 30.1 Å². The van der Waals surface area contributed by atoms with Crippen LogP contribution in [-0.4, -0.2) is 41.9 Å². The number of carboxylic acids is 1. The molecule has 0 spiro atoms. The molecule has 0 bridgehead atoms. The van der Waals surface area contributed by atoms with Crippen molar-refractivity contribution in [3.8, 4) is 0 Å². The molecule has 128 valence electrons. The summed E-state index contributed by atoms with van der Waals surface area (Å²) >= 11 is 0. The molecule has 2 heterocycles. The number of rotatable bonds is 7. The van der Waals surface area contributed by atoms with Crippen LogP contribution in [0.4, 0.5) is 0 Å². The molecule has 1 fully saturated rings. The number of nitrogens with zero attached hydrogens (tertiary/aromatic N) is 2. The fourth-order valence-electron chi connectivity index (χ4n) is 2.78. The van der Waals surface area contributed by atoms with Gasteiger partial charge < -0.3 is 5.11 Å². The Bertz CT molecular complexity index is 613. The number of nitrogens with one attached hydrogen (secondary N) is 1. The molecule has 2 rings (SSSR count). The highest BCUT2D eigenvalue weighted by Gasteiger charge is 2.30. The Kier molecular flexibility index (Phi) is 6.09. The lowest BCUT2D eigenvalue weighted by Crippen LogP contribution is -2.46. The smallest absolute Gasteiger partial charge is 0.305 e. The molecule has 1 aromatic heterocycles. The van der Waals surface area contributed by atoms with Crippen LogP contribution in [-0.2, 0) is 15.0 Å². The zero-order valence-corrected chi connectivity index (χ0v) is 14.0. The molecular weight excluding hydrogens is 318 g/mol. The summed E-state index contributed by atoms with van der Waals surface area (Å²) in [4.78, 5) is 15.1. The maximum absolute atomic E-state index is 12.5. The van der Waals surface area contributed by atoms with Gasteiger partial charge in [0.15, 0.2) is 0 Å². The van der Waals surface area contributed by atoms with Gasteiger partial charge in [0.05, 0.1) is 18.2 Å². The summed E-state index contributed by atoms with van der Waals surface area (Å²) in [7, 11) is -3.73. The molecule has 0 radical (unpaired) electrons. The molecule has 1 saturated heterocycles. The van der Waals surface area contributed by atoms with Crippen LogP contribution in [0.15, 0.2) is 24.4 Å². The Hall–Kier alpha value is -1.51. The minimum Gasteiger partial charge on any atom is -0.481 e. The van der Waals surface area contributed by atoms with Crippen molar-refractivity contribution in [2.45, 2.75) is 38.6 Å². The minimum absolute atomic E-state index is 0.346. The number of hydrogen-bond acceptors (Lipinski definition) is 4. The molecular formula is C15H23N3O4S. The SMILES string of the molecule is CCC1CCN(S(=O)(=O)NC(CC(=O)O)c2ccccn2)CC1. The van der Waals surface area contributed by atoms with E-state index in [-0.39, 0.29) is 6.42 Å². The minimum atomic E-state index is -3.73. The summed E-state index contributed by atoms with van der Waals surface area (Å²) in [6.45, 7) is 3.04. The number of carboxylic acid groups (broad SMARTS) is 1. The van der Waals surface area contributed by atoms with E-state index >= 15 is 0 Å². The van der Waals surface area contributed by atoms with E-state index in [0.29, 0.717) is 24.7 Å². The van der Waals surface area contributed by atoms with Crippen LogP contribution in [0.3, 0.4) is 0 Å². The highest BCUT2D eigenvalue weighted by Crippen LogP contribution is 2.23. The van der Waals surface area contributed by atoms with Gasteiger partial charge in [0, 0.05) is 19.3 Å². The molecule has 0 aromatic carbocycles. The number of aliphatic carboxylic acids is 1. The van der Waals surface area contributed by atoms with Crippen LogP contribution >= 0.6 is 0 Å². The second-order valence-corrected chi connectivity index (χ2v) is 7.48. The normalized spacial score (nSPS) is 18.7. The van der Waals surface area contributed by atoms with E-state index in [1.807, 2.05) is 0 Å². The predicted molar refractivity (Wildman–Crippen MR) is 85.9 cm³/mol. The molecule has 1 atom stereocenters. The quantitative estimate of drug-likeness (QED) is 0.784. The first-order chi connectivity index (χ1) is 10.9. The van der Waals surface area contributed by atoms with Gasteiger partial charge in [-0.2, -0.15) is 17.4 Å². The lowest BCUT2D eigenvalue weighted by Gasteiger charge is -2.31. The van der Waals surface area contributed by atoms with Gasteiger partial charge in [-0.25, -0.2) is 0 Å². The highest BCUT2D eigenvalue weighted by molar-refractivity contribution is 7.87. The number of carbonyl (C=O) groups is 1. The molecule has 1 aliphatic rings. The highest BCUT2D eigenvalue weighted by atomic mass is 32.2. The topological polar surface area (TPSA) is 99.6 Å². The van der Waals surface area contributed by atoms with E-state index < -0.39 is 22.2 Å². The Morgan fingerprint density at radius 2 is 2.13 bits per heavy atom. The molecule has 0 amide bonds. The molecule has 1 aromatic rings. The van der Waals surface area contributed by atoms with Crippen molar-refractivity contribution in [2.24, 2.45) is 5.92 Å². The standard InChI is InChI=1S/C15H23N3O4S/c1-2-12-6-9-18(10-7-12)23(21,22)17-14(11-15(19)20)13-5-3-4-8-16-13/h3-5,8,12,14,17H,2,6-7,9-11H2,1H3,(H,19,20). The summed E-state index contributed by atoms with van der Waals surface area (Å²) in [5.74, 6) is -0.514. The fourth-order valence-corrected chi connectivity index (χ4v) is 4.18. The molecule has 8 heteroatoms. The summed E-state index contributed by atoms with van der Waals surface area (Å²) in [5.41, 5.74) is 0.405. The third kappa shape index (κ3) is 4.98. The third-order valence-corrected chi connectivity index (χ3v) is 5.83. The molecule has 7 nitrogen and oxygen atoms in total. The largest absolute Gasteiger partial charge is 0.481 e. The van der Waals surface area contributed by atoms with Crippen molar-refractivity contribution in [3.63, 3.8) is 0 Å². The van der Waals surface area contributed by atoms with Crippen LogP contribution in [0, 0.1) is 5.92 Å². The average molecular weight is 341 g/mol. The Balaban J connectivity index is 2.10. The van der Waals surface area contributed by atoms with Crippen molar-refractivity contribution in [1.29, 1.82) is 0 Å². The van der Waals surface area contributed by atoms with Crippen LogP contribution in [0.25, 0.3) is 0 Å². The second kappa shape index (κ2) is 7.85. The first kappa shape index (κ1) is 17.8. The molecule has 1 unspecified atom stereocenters. The van der Waals surface area contributed by atoms with Gasteiger partial charge in [-0.05, 0) is 30.9 Å². The molecule has 0 saturated carbocycles. The van der Waals surface area contributed by atoms with Gasteiger partial charge in [0.2, 0.25) is 0 Å². The predicted octanol–water partition coefficient (Wildman–Crippen LogP) is 1.55. The zero-order chi connectivity index (χ0) is 16.9. The number of piperidine rings is 1.